The van der Waals surface area contributed by atoms with Gasteiger partial charge in [-0.2, -0.15) is 0 Å². The predicted molar refractivity (Wildman–Crippen MR) is 92.0 cm³/mol. The van der Waals surface area contributed by atoms with E-state index >= 15 is 0 Å². The molecule has 0 saturated heterocycles. The molecule has 1 aromatic rings. The molecule has 0 amide bonds. The molecule has 0 spiro atoms. The van der Waals surface area contributed by atoms with Gasteiger partial charge in [-0.05, 0) is 60.4 Å². The van der Waals surface area contributed by atoms with Crippen molar-refractivity contribution in [2.75, 3.05) is 27.2 Å². The van der Waals surface area contributed by atoms with E-state index in [0.29, 0.717) is 6.04 Å². The van der Waals surface area contributed by atoms with Gasteiger partial charge in [-0.1, -0.05) is 18.9 Å². The quantitative estimate of drug-likeness (QED) is 0.801. The second-order valence-corrected chi connectivity index (χ2v) is 6.84. The zero-order valence-electron chi connectivity index (χ0n) is 13.4. The van der Waals surface area contributed by atoms with Crippen LogP contribution in [0.4, 0.5) is 0 Å². The zero-order valence-corrected chi connectivity index (χ0v) is 14.9. The third kappa shape index (κ3) is 4.70. The van der Waals surface area contributed by atoms with Crippen LogP contribution >= 0.6 is 15.9 Å². The average molecular weight is 355 g/mol. The molecule has 0 aromatic heterocycles. The van der Waals surface area contributed by atoms with Crippen LogP contribution in [-0.2, 0) is 0 Å². The Balaban J connectivity index is 1.78. The Morgan fingerprint density at radius 1 is 1.38 bits per heavy atom. The number of likely N-dealkylation sites (N-methyl/N-ethyl adjacent to an activating group) is 1. The topological polar surface area (TPSA) is 24.5 Å². The first-order valence-corrected chi connectivity index (χ1v) is 8.68. The van der Waals surface area contributed by atoms with Crippen molar-refractivity contribution in [2.24, 2.45) is 0 Å². The van der Waals surface area contributed by atoms with Gasteiger partial charge in [0.05, 0.1) is 11.6 Å². The summed E-state index contributed by atoms with van der Waals surface area (Å²) >= 11 is 3.55. The Labute approximate surface area is 137 Å². The predicted octanol–water partition coefficient (Wildman–Crippen LogP) is 3.98. The molecule has 1 aliphatic rings. The van der Waals surface area contributed by atoms with Crippen LogP contribution < -0.4 is 10.1 Å². The van der Waals surface area contributed by atoms with E-state index in [9.17, 15) is 0 Å². The maximum absolute atomic E-state index is 5.28. The highest BCUT2D eigenvalue weighted by atomic mass is 79.9. The molecule has 0 bridgehead atoms. The Morgan fingerprint density at radius 2 is 2.10 bits per heavy atom. The Morgan fingerprint density at radius 3 is 2.71 bits per heavy atom. The van der Waals surface area contributed by atoms with Gasteiger partial charge < -0.3 is 15.0 Å². The summed E-state index contributed by atoms with van der Waals surface area (Å²) in [6.07, 6.45) is 5.55. The van der Waals surface area contributed by atoms with Gasteiger partial charge in [0.25, 0.3) is 0 Å². The van der Waals surface area contributed by atoms with Crippen LogP contribution in [0.25, 0.3) is 0 Å². The van der Waals surface area contributed by atoms with Crippen LogP contribution in [0.3, 0.4) is 0 Å². The van der Waals surface area contributed by atoms with E-state index in [2.05, 4.69) is 52.3 Å². The van der Waals surface area contributed by atoms with E-state index in [1.165, 1.54) is 31.2 Å². The lowest BCUT2D eigenvalue weighted by atomic mass is 10.1. The third-order valence-electron chi connectivity index (χ3n) is 4.54. The maximum Gasteiger partial charge on any atom is 0.133 e. The van der Waals surface area contributed by atoms with Gasteiger partial charge in [-0.25, -0.2) is 0 Å². The highest BCUT2D eigenvalue weighted by Gasteiger charge is 2.19. The SMILES string of the molecule is COc1ccc(C(C)NCCN(C)C2CCCC2)cc1Br. The maximum atomic E-state index is 5.28. The first-order valence-electron chi connectivity index (χ1n) is 7.89. The molecule has 1 N–H and O–H groups in total. The number of ether oxygens (including phenoxy) is 1. The molecule has 1 fully saturated rings. The standard InChI is InChI=1S/C17H27BrN2O/c1-13(14-8-9-17(21-3)16(18)12-14)19-10-11-20(2)15-6-4-5-7-15/h8-9,12-13,15,19H,4-7,10-11H2,1-3H3. The minimum Gasteiger partial charge on any atom is -0.496 e. The summed E-state index contributed by atoms with van der Waals surface area (Å²) in [5.74, 6) is 0.881. The van der Waals surface area contributed by atoms with Crippen LogP contribution in [0.15, 0.2) is 22.7 Å². The number of halogens is 1. The second kappa shape index (κ2) is 8.16. The lowest BCUT2D eigenvalue weighted by Crippen LogP contribution is -2.36. The fraction of sp³-hybridized carbons (Fsp3) is 0.647. The number of hydrogen-bond donors (Lipinski definition) is 1. The van der Waals surface area contributed by atoms with Crippen molar-refractivity contribution in [1.29, 1.82) is 0 Å². The van der Waals surface area contributed by atoms with Gasteiger partial charge in [-0.15, -0.1) is 0 Å². The normalized spacial score (nSPS) is 17.4. The highest BCUT2D eigenvalue weighted by molar-refractivity contribution is 9.10. The van der Waals surface area contributed by atoms with E-state index < -0.39 is 0 Å². The molecule has 21 heavy (non-hydrogen) atoms. The molecule has 1 atom stereocenters. The van der Waals surface area contributed by atoms with Crippen molar-refractivity contribution in [3.8, 4) is 5.75 Å². The van der Waals surface area contributed by atoms with Crippen LogP contribution in [0, 0.1) is 0 Å². The van der Waals surface area contributed by atoms with Crippen molar-refractivity contribution in [3.05, 3.63) is 28.2 Å². The number of nitrogens with one attached hydrogen (secondary N) is 1. The van der Waals surface area contributed by atoms with E-state index in [1.807, 2.05) is 6.07 Å². The van der Waals surface area contributed by atoms with E-state index in [4.69, 9.17) is 4.74 Å². The van der Waals surface area contributed by atoms with Crippen LogP contribution in [-0.4, -0.2) is 38.2 Å². The number of methoxy groups -OCH3 is 1. The fourth-order valence-corrected chi connectivity index (χ4v) is 3.61. The van der Waals surface area contributed by atoms with Crippen LogP contribution in [0.5, 0.6) is 5.75 Å². The molecule has 0 radical (unpaired) electrons. The molecule has 4 heteroatoms. The van der Waals surface area contributed by atoms with Crippen molar-refractivity contribution in [3.63, 3.8) is 0 Å². The summed E-state index contributed by atoms with van der Waals surface area (Å²) in [6.45, 7) is 4.36. The molecular formula is C17H27BrN2O. The molecule has 118 valence electrons. The van der Waals surface area contributed by atoms with Crippen molar-refractivity contribution < 1.29 is 4.74 Å². The summed E-state index contributed by atoms with van der Waals surface area (Å²) in [7, 11) is 3.95. The van der Waals surface area contributed by atoms with Gasteiger partial charge in [0.15, 0.2) is 0 Å². The number of hydrogen-bond acceptors (Lipinski definition) is 3. The van der Waals surface area contributed by atoms with Crippen LogP contribution in [0.1, 0.15) is 44.2 Å². The van der Waals surface area contributed by atoms with E-state index in [1.54, 1.807) is 7.11 Å². The van der Waals surface area contributed by atoms with Gasteiger partial charge in [0, 0.05) is 25.2 Å². The minimum atomic E-state index is 0.351. The first kappa shape index (κ1) is 16.8. The van der Waals surface area contributed by atoms with Gasteiger partial charge in [-0.3, -0.25) is 0 Å². The number of rotatable bonds is 7. The van der Waals surface area contributed by atoms with Crippen molar-refractivity contribution in [2.45, 2.75) is 44.7 Å². The summed E-state index contributed by atoms with van der Waals surface area (Å²) in [5, 5.41) is 3.61. The molecule has 1 unspecified atom stereocenters. The van der Waals surface area contributed by atoms with E-state index in [-0.39, 0.29) is 0 Å². The second-order valence-electron chi connectivity index (χ2n) is 5.99. The summed E-state index contributed by atoms with van der Waals surface area (Å²) in [5.41, 5.74) is 1.28. The van der Waals surface area contributed by atoms with Crippen molar-refractivity contribution >= 4 is 15.9 Å². The van der Waals surface area contributed by atoms with Gasteiger partial charge in [0.1, 0.15) is 5.75 Å². The minimum absolute atomic E-state index is 0.351. The Hall–Kier alpha value is -0.580. The van der Waals surface area contributed by atoms with E-state index in [0.717, 1.165) is 29.4 Å². The monoisotopic (exact) mass is 354 g/mol. The molecule has 0 aliphatic heterocycles. The first-order chi connectivity index (χ1) is 10.1. The lowest BCUT2D eigenvalue weighted by molar-refractivity contribution is 0.243. The molecule has 1 aromatic carbocycles. The Kier molecular flexibility index (Phi) is 6.52. The third-order valence-corrected chi connectivity index (χ3v) is 5.16. The Bertz CT molecular complexity index is 446. The number of benzene rings is 1. The largest absolute Gasteiger partial charge is 0.496 e. The van der Waals surface area contributed by atoms with Gasteiger partial charge in [0.2, 0.25) is 0 Å². The molecule has 1 aliphatic carbocycles. The molecule has 2 rings (SSSR count). The smallest absolute Gasteiger partial charge is 0.133 e. The zero-order chi connectivity index (χ0) is 15.2. The highest BCUT2D eigenvalue weighted by Crippen LogP contribution is 2.28. The van der Waals surface area contributed by atoms with Crippen molar-refractivity contribution in [1.82, 2.24) is 10.2 Å². The van der Waals surface area contributed by atoms with Crippen LogP contribution in [0.2, 0.25) is 0 Å². The fourth-order valence-electron chi connectivity index (χ4n) is 3.05. The summed E-state index contributed by atoms with van der Waals surface area (Å²) in [6, 6.07) is 7.43. The lowest BCUT2D eigenvalue weighted by Gasteiger charge is -2.25. The summed E-state index contributed by atoms with van der Waals surface area (Å²) < 4.78 is 6.29. The molecule has 3 nitrogen and oxygen atoms in total. The average Bonchev–Trinajstić information content (AvgIpc) is 3.01. The number of nitrogens with zero attached hydrogens (tertiary/aromatic N) is 1. The summed E-state index contributed by atoms with van der Waals surface area (Å²) in [4.78, 5) is 2.51. The molecule has 1 saturated carbocycles. The van der Waals surface area contributed by atoms with Gasteiger partial charge >= 0.3 is 0 Å². The molecular weight excluding hydrogens is 328 g/mol. The molecule has 0 heterocycles.